The summed E-state index contributed by atoms with van der Waals surface area (Å²) in [6, 6.07) is 5.18. The first-order valence-electron chi connectivity index (χ1n) is 7.41. The number of nitrogens with one attached hydrogen (secondary N) is 2. The largest absolute Gasteiger partial charge is 0.351 e. The van der Waals surface area contributed by atoms with Crippen molar-refractivity contribution in [3.05, 3.63) is 23.9 Å². The minimum absolute atomic E-state index is 0.133. The van der Waals surface area contributed by atoms with E-state index in [9.17, 15) is 4.79 Å². The molecular formula is C15H24N4O. The number of hydrogen-bond donors (Lipinski definition) is 3. The summed E-state index contributed by atoms with van der Waals surface area (Å²) in [7, 11) is 0. The molecule has 1 saturated carbocycles. The Morgan fingerprint density at radius 2 is 2.30 bits per heavy atom. The van der Waals surface area contributed by atoms with Crippen LogP contribution in [-0.2, 0) is 0 Å². The molecule has 0 aromatic carbocycles. The fourth-order valence-electron chi connectivity index (χ4n) is 2.94. The molecule has 0 bridgehead atoms. The topological polar surface area (TPSA) is 80.0 Å². The van der Waals surface area contributed by atoms with E-state index in [1.165, 1.54) is 25.7 Å². The first-order valence-corrected chi connectivity index (χ1v) is 7.41. The van der Waals surface area contributed by atoms with Gasteiger partial charge in [-0.1, -0.05) is 32.3 Å². The maximum atomic E-state index is 12.0. The average molecular weight is 276 g/mol. The maximum Gasteiger partial charge on any atom is 0.269 e. The van der Waals surface area contributed by atoms with Crippen LogP contribution in [0.1, 0.15) is 49.5 Å². The number of anilines is 1. The van der Waals surface area contributed by atoms with Crippen LogP contribution in [-0.4, -0.2) is 17.4 Å². The predicted molar refractivity (Wildman–Crippen MR) is 80.1 cm³/mol. The second kappa shape index (κ2) is 7.24. The molecule has 110 valence electrons. The van der Waals surface area contributed by atoms with Crippen LogP contribution in [0.4, 0.5) is 5.82 Å². The lowest BCUT2D eigenvalue weighted by atomic mass is 9.81. The fourth-order valence-corrected chi connectivity index (χ4v) is 2.94. The molecule has 1 amide bonds. The van der Waals surface area contributed by atoms with Gasteiger partial charge >= 0.3 is 0 Å². The van der Waals surface area contributed by atoms with Crippen LogP contribution in [0.25, 0.3) is 0 Å². The molecule has 5 heteroatoms. The molecule has 2 unspecified atom stereocenters. The quantitative estimate of drug-likeness (QED) is 0.569. The van der Waals surface area contributed by atoms with Crippen LogP contribution < -0.4 is 16.6 Å². The van der Waals surface area contributed by atoms with Crippen LogP contribution in [0.15, 0.2) is 18.2 Å². The minimum Gasteiger partial charge on any atom is -0.351 e. The van der Waals surface area contributed by atoms with Gasteiger partial charge in [-0.25, -0.2) is 10.8 Å². The zero-order valence-electron chi connectivity index (χ0n) is 12.1. The van der Waals surface area contributed by atoms with Gasteiger partial charge < -0.3 is 10.7 Å². The van der Waals surface area contributed by atoms with Gasteiger partial charge in [-0.15, -0.1) is 0 Å². The van der Waals surface area contributed by atoms with Crippen LogP contribution >= 0.6 is 0 Å². The molecule has 2 atom stereocenters. The molecule has 0 radical (unpaired) electrons. The van der Waals surface area contributed by atoms with Gasteiger partial charge in [0.05, 0.1) is 0 Å². The lowest BCUT2D eigenvalue weighted by Gasteiger charge is -2.26. The van der Waals surface area contributed by atoms with E-state index in [2.05, 4.69) is 22.7 Å². The molecule has 0 spiro atoms. The molecule has 2 rings (SSSR count). The van der Waals surface area contributed by atoms with Gasteiger partial charge in [0.15, 0.2) is 0 Å². The first-order chi connectivity index (χ1) is 9.69. The minimum atomic E-state index is -0.133. The monoisotopic (exact) mass is 276 g/mol. The Kier molecular flexibility index (Phi) is 5.35. The molecular weight excluding hydrogens is 252 g/mol. The van der Waals surface area contributed by atoms with Gasteiger partial charge in [-0.2, -0.15) is 0 Å². The molecule has 1 heterocycles. The highest BCUT2D eigenvalue weighted by molar-refractivity contribution is 5.92. The average Bonchev–Trinajstić information content (AvgIpc) is 2.47. The lowest BCUT2D eigenvalue weighted by Crippen LogP contribution is -2.28. The zero-order valence-corrected chi connectivity index (χ0v) is 12.1. The summed E-state index contributed by atoms with van der Waals surface area (Å²) in [5.41, 5.74) is 2.84. The number of carbonyl (C=O) groups excluding carboxylic acids is 1. The third-order valence-corrected chi connectivity index (χ3v) is 4.01. The molecule has 1 aliphatic carbocycles. The van der Waals surface area contributed by atoms with E-state index in [-0.39, 0.29) is 5.91 Å². The van der Waals surface area contributed by atoms with Gasteiger partial charge in [-0.05, 0) is 36.8 Å². The Balaban J connectivity index is 1.77. The standard InChI is InChI=1S/C15H24N4O/c1-11-4-2-5-12(10-11)8-9-17-15(20)13-6-3-7-14(18-13)19-16/h3,6-7,11-12H,2,4-5,8-10,16H2,1H3,(H,17,20)(H,18,19). The molecule has 0 aliphatic heterocycles. The number of hydrazine groups is 1. The third kappa shape index (κ3) is 4.20. The first kappa shape index (κ1) is 14.8. The molecule has 1 aromatic rings. The summed E-state index contributed by atoms with van der Waals surface area (Å²) in [6.07, 6.45) is 6.33. The summed E-state index contributed by atoms with van der Waals surface area (Å²) in [6.45, 7) is 3.04. The number of nitrogens with zero attached hydrogens (tertiary/aromatic N) is 1. The highest BCUT2D eigenvalue weighted by Crippen LogP contribution is 2.30. The number of pyridine rings is 1. The molecule has 1 fully saturated rings. The number of amides is 1. The van der Waals surface area contributed by atoms with Crippen molar-refractivity contribution in [2.24, 2.45) is 17.7 Å². The van der Waals surface area contributed by atoms with Crippen molar-refractivity contribution in [3.8, 4) is 0 Å². The Hall–Kier alpha value is -1.62. The van der Waals surface area contributed by atoms with Crippen molar-refractivity contribution in [1.29, 1.82) is 0 Å². The molecule has 0 saturated heterocycles. The van der Waals surface area contributed by atoms with Gasteiger partial charge in [0.2, 0.25) is 0 Å². The second-order valence-corrected chi connectivity index (χ2v) is 5.73. The molecule has 1 aromatic heterocycles. The lowest BCUT2D eigenvalue weighted by molar-refractivity contribution is 0.0945. The Morgan fingerprint density at radius 3 is 3.05 bits per heavy atom. The number of carbonyl (C=O) groups is 1. The molecule has 1 aliphatic rings. The van der Waals surface area contributed by atoms with Gasteiger partial charge in [0.25, 0.3) is 5.91 Å². The smallest absolute Gasteiger partial charge is 0.269 e. The summed E-state index contributed by atoms with van der Waals surface area (Å²) < 4.78 is 0. The van der Waals surface area contributed by atoms with Gasteiger partial charge in [0.1, 0.15) is 11.5 Å². The SMILES string of the molecule is CC1CCCC(CCNC(=O)c2cccc(NN)n2)C1. The van der Waals surface area contributed by atoms with Gasteiger partial charge in [0, 0.05) is 6.54 Å². The normalized spacial score (nSPS) is 22.3. The highest BCUT2D eigenvalue weighted by atomic mass is 16.1. The summed E-state index contributed by atoms with van der Waals surface area (Å²) in [5, 5.41) is 2.94. The maximum absolute atomic E-state index is 12.0. The van der Waals surface area contributed by atoms with Crippen molar-refractivity contribution in [1.82, 2.24) is 10.3 Å². The molecule has 20 heavy (non-hydrogen) atoms. The van der Waals surface area contributed by atoms with Crippen molar-refractivity contribution in [2.45, 2.75) is 39.0 Å². The van der Waals surface area contributed by atoms with E-state index in [0.717, 1.165) is 24.8 Å². The van der Waals surface area contributed by atoms with Crippen molar-refractivity contribution >= 4 is 11.7 Å². The van der Waals surface area contributed by atoms with E-state index in [0.29, 0.717) is 11.5 Å². The third-order valence-electron chi connectivity index (χ3n) is 4.01. The Labute approximate surface area is 120 Å². The van der Waals surface area contributed by atoms with E-state index in [4.69, 9.17) is 5.84 Å². The van der Waals surface area contributed by atoms with Crippen molar-refractivity contribution in [3.63, 3.8) is 0 Å². The summed E-state index contributed by atoms with van der Waals surface area (Å²) >= 11 is 0. The van der Waals surface area contributed by atoms with Gasteiger partial charge in [-0.3, -0.25) is 4.79 Å². The van der Waals surface area contributed by atoms with Crippen LogP contribution in [0.5, 0.6) is 0 Å². The van der Waals surface area contributed by atoms with E-state index in [1.807, 2.05) is 0 Å². The number of aromatic nitrogens is 1. The van der Waals surface area contributed by atoms with Crippen LogP contribution in [0.2, 0.25) is 0 Å². The van der Waals surface area contributed by atoms with Crippen LogP contribution in [0.3, 0.4) is 0 Å². The molecule has 5 nitrogen and oxygen atoms in total. The van der Waals surface area contributed by atoms with Crippen LogP contribution in [0, 0.1) is 11.8 Å². The van der Waals surface area contributed by atoms with E-state index in [1.54, 1.807) is 18.2 Å². The second-order valence-electron chi connectivity index (χ2n) is 5.73. The summed E-state index contributed by atoms with van der Waals surface area (Å²) in [4.78, 5) is 16.1. The number of rotatable bonds is 5. The highest BCUT2D eigenvalue weighted by Gasteiger charge is 2.18. The van der Waals surface area contributed by atoms with E-state index < -0.39 is 0 Å². The predicted octanol–water partition coefficient (Wildman–Crippen LogP) is 2.31. The van der Waals surface area contributed by atoms with E-state index >= 15 is 0 Å². The number of nitrogen functional groups attached to an aromatic ring is 1. The Morgan fingerprint density at radius 1 is 1.45 bits per heavy atom. The Bertz CT molecular complexity index is 449. The number of nitrogens with two attached hydrogens (primary N) is 1. The zero-order chi connectivity index (χ0) is 14.4. The number of hydrogen-bond acceptors (Lipinski definition) is 4. The summed E-state index contributed by atoms with van der Waals surface area (Å²) in [5.74, 6) is 7.24. The molecule has 4 N–H and O–H groups in total. The van der Waals surface area contributed by atoms with Crippen molar-refractivity contribution < 1.29 is 4.79 Å². The fraction of sp³-hybridized carbons (Fsp3) is 0.600. The van der Waals surface area contributed by atoms with Crippen molar-refractivity contribution in [2.75, 3.05) is 12.0 Å².